The molecule has 21 heavy (non-hydrogen) atoms. The highest BCUT2D eigenvalue weighted by Gasteiger charge is 2.19. The molecule has 0 fully saturated rings. The predicted molar refractivity (Wildman–Crippen MR) is 86.5 cm³/mol. The Morgan fingerprint density at radius 3 is 2.19 bits per heavy atom. The topological polar surface area (TPSA) is 38.1 Å². The van der Waals surface area contributed by atoms with Crippen LogP contribution in [-0.2, 0) is 18.9 Å². The van der Waals surface area contributed by atoms with Gasteiger partial charge in [-0.2, -0.15) is 5.10 Å². The number of rotatable bonds is 3. The summed E-state index contributed by atoms with van der Waals surface area (Å²) in [5, 5.41) is 14.6. The Hall–Kier alpha value is -1.61. The number of aromatic nitrogens is 2. The lowest BCUT2D eigenvalue weighted by molar-refractivity contribution is 0.168. The van der Waals surface area contributed by atoms with Crippen molar-refractivity contribution in [2.45, 2.75) is 52.6 Å². The van der Waals surface area contributed by atoms with Crippen molar-refractivity contribution in [3.05, 3.63) is 52.3 Å². The highest BCUT2D eigenvalue weighted by atomic mass is 16.3. The Morgan fingerprint density at radius 2 is 1.76 bits per heavy atom. The lowest BCUT2D eigenvalue weighted by Gasteiger charge is -2.23. The van der Waals surface area contributed by atoms with Gasteiger partial charge in [-0.05, 0) is 47.6 Å². The third-order valence-corrected chi connectivity index (χ3v) is 4.16. The quantitative estimate of drug-likeness (QED) is 0.936. The van der Waals surface area contributed by atoms with E-state index in [1.165, 1.54) is 22.3 Å². The van der Waals surface area contributed by atoms with E-state index in [0.29, 0.717) is 6.42 Å². The molecule has 0 saturated carbocycles. The lowest BCUT2D eigenvalue weighted by atomic mass is 9.83. The second-order valence-corrected chi connectivity index (χ2v) is 6.94. The fourth-order valence-corrected chi connectivity index (χ4v) is 2.76. The van der Waals surface area contributed by atoms with Gasteiger partial charge < -0.3 is 5.11 Å². The highest BCUT2D eigenvalue weighted by Crippen LogP contribution is 2.29. The van der Waals surface area contributed by atoms with Gasteiger partial charge in [0, 0.05) is 19.7 Å². The van der Waals surface area contributed by atoms with E-state index >= 15 is 0 Å². The van der Waals surface area contributed by atoms with E-state index in [1.54, 1.807) is 10.9 Å². The summed E-state index contributed by atoms with van der Waals surface area (Å²) in [7, 11) is 1.86. The second-order valence-electron chi connectivity index (χ2n) is 6.94. The number of benzene rings is 1. The van der Waals surface area contributed by atoms with Crippen LogP contribution in [-0.4, -0.2) is 14.9 Å². The maximum atomic E-state index is 10.5. The van der Waals surface area contributed by atoms with Crippen LogP contribution in [0.15, 0.2) is 24.4 Å². The summed E-state index contributed by atoms with van der Waals surface area (Å²) in [6.45, 7) is 10.9. The van der Waals surface area contributed by atoms with Gasteiger partial charge in [-0.3, -0.25) is 4.68 Å². The average molecular weight is 286 g/mol. The predicted octanol–water partition coefficient (Wildman–Crippen LogP) is 3.61. The molecule has 1 unspecified atom stereocenters. The fourth-order valence-electron chi connectivity index (χ4n) is 2.76. The van der Waals surface area contributed by atoms with Crippen molar-refractivity contribution in [3.8, 4) is 0 Å². The van der Waals surface area contributed by atoms with Crippen LogP contribution in [0.3, 0.4) is 0 Å². The van der Waals surface area contributed by atoms with Gasteiger partial charge in [0.2, 0.25) is 0 Å². The molecule has 0 amide bonds. The molecular formula is C18H26N2O. The summed E-state index contributed by atoms with van der Waals surface area (Å²) < 4.78 is 1.73. The third-order valence-electron chi connectivity index (χ3n) is 4.16. The molecule has 1 atom stereocenters. The van der Waals surface area contributed by atoms with Gasteiger partial charge in [-0.1, -0.05) is 32.9 Å². The zero-order valence-corrected chi connectivity index (χ0v) is 13.9. The molecule has 0 aliphatic carbocycles. The molecule has 0 aliphatic rings. The van der Waals surface area contributed by atoms with E-state index in [-0.39, 0.29) is 5.41 Å². The van der Waals surface area contributed by atoms with Gasteiger partial charge in [-0.15, -0.1) is 0 Å². The summed E-state index contributed by atoms with van der Waals surface area (Å²) in [5.74, 6) is 0. The largest absolute Gasteiger partial charge is 0.386 e. The first-order valence-corrected chi connectivity index (χ1v) is 7.46. The minimum atomic E-state index is -0.518. The number of aliphatic hydroxyl groups excluding tert-OH is 1. The average Bonchev–Trinajstić information content (AvgIpc) is 2.78. The second kappa shape index (κ2) is 5.64. The van der Waals surface area contributed by atoms with E-state index < -0.39 is 6.10 Å². The standard InChI is InChI=1S/C18H26N2O/c1-12-9-14(18(3,4)5)10-13(2)15(12)11-17(21)16-7-8-19-20(16)6/h7-10,17,21H,11H2,1-6H3. The van der Waals surface area contributed by atoms with E-state index in [4.69, 9.17) is 0 Å². The molecule has 114 valence electrons. The van der Waals surface area contributed by atoms with Gasteiger partial charge >= 0.3 is 0 Å². The monoisotopic (exact) mass is 286 g/mol. The third kappa shape index (κ3) is 3.35. The number of aliphatic hydroxyl groups is 1. The molecule has 2 aromatic rings. The number of nitrogens with zero attached hydrogens (tertiary/aromatic N) is 2. The fraction of sp³-hybridized carbons (Fsp3) is 0.500. The molecule has 1 heterocycles. The molecule has 0 bridgehead atoms. The molecule has 0 saturated heterocycles. The summed E-state index contributed by atoms with van der Waals surface area (Å²) in [4.78, 5) is 0. The Balaban J connectivity index is 2.31. The van der Waals surface area contributed by atoms with E-state index in [2.05, 4.69) is 51.9 Å². The van der Waals surface area contributed by atoms with E-state index in [9.17, 15) is 5.11 Å². The van der Waals surface area contributed by atoms with Crippen molar-refractivity contribution in [1.82, 2.24) is 9.78 Å². The van der Waals surface area contributed by atoms with E-state index in [0.717, 1.165) is 5.69 Å². The van der Waals surface area contributed by atoms with Gasteiger partial charge in [0.15, 0.2) is 0 Å². The molecule has 3 heteroatoms. The van der Waals surface area contributed by atoms with Crippen molar-refractivity contribution in [2.24, 2.45) is 7.05 Å². The first-order chi connectivity index (χ1) is 9.70. The number of aryl methyl sites for hydroxylation is 3. The maximum Gasteiger partial charge on any atom is 0.0996 e. The van der Waals surface area contributed by atoms with Gasteiger partial charge in [0.05, 0.1) is 11.8 Å². The van der Waals surface area contributed by atoms with E-state index in [1.807, 2.05) is 13.1 Å². The number of hydrogen-bond acceptors (Lipinski definition) is 2. The molecule has 1 aromatic carbocycles. The van der Waals surface area contributed by atoms with Crippen LogP contribution in [0, 0.1) is 13.8 Å². The molecule has 0 spiro atoms. The highest BCUT2D eigenvalue weighted by molar-refractivity contribution is 5.41. The number of hydrogen-bond donors (Lipinski definition) is 1. The summed E-state index contributed by atoms with van der Waals surface area (Å²) in [6.07, 6.45) is 1.83. The molecule has 2 rings (SSSR count). The van der Waals surface area contributed by atoms with Crippen LogP contribution < -0.4 is 0 Å². The van der Waals surface area contributed by atoms with Crippen LogP contribution in [0.25, 0.3) is 0 Å². The lowest BCUT2D eigenvalue weighted by Crippen LogP contribution is -2.14. The van der Waals surface area contributed by atoms with Crippen LogP contribution in [0.2, 0.25) is 0 Å². The van der Waals surface area contributed by atoms with Crippen LogP contribution in [0.4, 0.5) is 0 Å². The minimum Gasteiger partial charge on any atom is -0.386 e. The maximum absolute atomic E-state index is 10.5. The summed E-state index contributed by atoms with van der Waals surface area (Å²) >= 11 is 0. The van der Waals surface area contributed by atoms with Crippen LogP contribution >= 0.6 is 0 Å². The normalized spacial score (nSPS) is 13.5. The smallest absolute Gasteiger partial charge is 0.0996 e. The van der Waals surface area contributed by atoms with Crippen molar-refractivity contribution >= 4 is 0 Å². The zero-order valence-electron chi connectivity index (χ0n) is 13.9. The van der Waals surface area contributed by atoms with Gasteiger partial charge in [0.1, 0.15) is 0 Å². The Kier molecular flexibility index (Phi) is 4.24. The Labute approximate surface area is 127 Å². The molecular weight excluding hydrogens is 260 g/mol. The molecule has 3 nitrogen and oxygen atoms in total. The Bertz CT molecular complexity index is 612. The molecule has 0 radical (unpaired) electrons. The zero-order chi connectivity index (χ0) is 15.8. The first-order valence-electron chi connectivity index (χ1n) is 7.46. The Morgan fingerprint density at radius 1 is 1.19 bits per heavy atom. The van der Waals surface area contributed by atoms with Crippen molar-refractivity contribution in [3.63, 3.8) is 0 Å². The minimum absolute atomic E-state index is 0.148. The van der Waals surface area contributed by atoms with Crippen LogP contribution in [0.5, 0.6) is 0 Å². The molecule has 1 N–H and O–H groups in total. The summed E-state index contributed by atoms with van der Waals surface area (Å²) in [6, 6.07) is 6.37. The first kappa shape index (κ1) is 15.8. The molecule has 1 aromatic heterocycles. The van der Waals surface area contributed by atoms with Gasteiger partial charge in [0.25, 0.3) is 0 Å². The van der Waals surface area contributed by atoms with Crippen molar-refractivity contribution in [1.29, 1.82) is 0 Å². The van der Waals surface area contributed by atoms with Crippen LogP contribution in [0.1, 0.15) is 54.8 Å². The molecule has 0 aliphatic heterocycles. The SMILES string of the molecule is Cc1cc(C(C)(C)C)cc(C)c1CC(O)c1ccnn1C. The van der Waals surface area contributed by atoms with Crippen molar-refractivity contribution in [2.75, 3.05) is 0 Å². The summed E-state index contributed by atoms with van der Waals surface area (Å²) in [5.41, 5.74) is 6.08. The van der Waals surface area contributed by atoms with Crippen molar-refractivity contribution < 1.29 is 5.11 Å². The van der Waals surface area contributed by atoms with Gasteiger partial charge in [-0.25, -0.2) is 0 Å².